The van der Waals surface area contributed by atoms with E-state index in [0.29, 0.717) is 16.7 Å². The number of hydrogen-bond acceptors (Lipinski definition) is 4. The van der Waals surface area contributed by atoms with E-state index in [9.17, 15) is 8.42 Å². The Kier molecular flexibility index (Phi) is 3.96. The van der Waals surface area contributed by atoms with Gasteiger partial charge < -0.3 is 5.73 Å². The van der Waals surface area contributed by atoms with E-state index in [0.717, 1.165) is 12.8 Å². The lowest BCUT2D eigenvalue weighted by Gasteiger charge is -2.14. The standard InChI is InChI=1S/C11H15BrN2O2S2/c1-17-11(4-5-11)7-14-18(15,16)10-6-8(13)2-3-9(10)12/h2-3,6,14H,4-5,7,13H2,1H3. The Morgan fingerprint density at radius 2 is 2.17 bits per heavy atom. The fourth-order valence-corrected chi connectivity index (χ4v) is 4.56. The van der Waals surface area contributed by atoms with Crippen LogP contribution in [-0.2, 0) is 10.0 Å². The van der Waals surface area contributed by atoms with Crippen LogP contribution in [0.3, 0.4) is 0 Å². The van der Waals surface area contributed by atoms with Crippen molar-refractivity contribution in [3.63, 3.8) is 0 Å². The monoisotopic (exact) mass is 350 g/mol. The van der Waals surface area contributed by atoms with Crippen molar-refractivity contribution in [3.8, 4) is 0 Å². The molecule has 0 heterocycles. The zero-order valence-electron chi connectivity index (χ0n) is 9.94. The largest absolute Gasteiger partial charge is 0.399 e. The Morgan fingerprint density at radius 1 is 1.50 bits per heavy atom. The van der Waals surface area contributed by atoms with Gasteiger partial charge in [0.1, 0.15) is 0 Å². The Balaban J connectivity index is 2.18. The smallest absolute Gasteiger partial charge is 0.241 e. The van der Waals surface area contributed by atoms with Gasteiger partial charge >= 0.3 is 0 Å². The highest BCUT2D eigenvalue weighted by atomic mass is 79.9. The lowest BCUT2D eigenvalue weighted by molar-refractivity contribution is 0.579. The predicted molar refractivity (Wildman–Crippen MR) is 79.2 cm³/mol. The summed E-state index contributed by atoms with van der Waals surface area (Å²) in [7, 11) is -3.51. The fraction of sp³-hybridized carbons (Fsp3) is 0.455. The summed E-state index contributed by atoms with van der Waals surface area (Å²) in [6.45, 7) is 0.470. The first kappa shape index (κ1) is 14.2. The van der Waals surface area contributed by atoms with Crippen molar-refractivity contribution in [1.29, 1.82) is 0 Å². The van der Waals surface area contributed by atoms with Gasteiger partial charge in [-0.2, -0.15) is 11.8 Å². The second kappa shape index (κ2) is 5.03. The van der Waals surface area contributed by atoms with Gasteiger partial charge in [-0.3, -0.25) is 0 Å². The maximum atomic E-state index is 12.2. The van der Waals surface area contributed by atoms with Crippen molar-refractivity contribution in [2.24, 2.45) is 0 Å². The van der Waals surface area contributed by atoms with Gasteiger partial charge in [0.2, 0.25) is 10.0 Å². The maximum Gasteiger partial charge on any atom is 0.241 e. The molecule has 1 fully saturated rings. The van der Waals surface area contributed by atoms with E-state index < -0.39 is 10.0 Å². The second-order valence-electron chi connectivity index (χ2n) is 4.40. The van der Waals surface area contributed by atoms with E-state index in [2.05, 4.69) is 20.7 Å². The zero-order valence-corrected chi connectivity index (χ0v) is 13.2. The molecule has 100 valence electrons. The van der Waals surface area contributed by atoms with Crippen molar-refractivity contribution >= 4 is 43.4 Å². The van der Waals surface area contributed by atoms with E-state index in [-0.39, 0.29) is 9.64 Å². The highest BCUT2D eigenvalue weighted by molar-refractivity contribution is 9.10. The molecular formula is C11H15BrN2O2S2. The van der Waals surface area contributed by atoms with Crippen molar-refractivity contribution in [2.75, 3.05) is 18.5 Å². The van der Waals surface area contributed by atoms with Gasteiger partial charge in [-0.05, 0) is 53.2 Å². The van der Waals surface area contributed by atoms with E-state index in [4.69, 9.17) is 5.73 Å². The maximum absolute atomic E-state index is 12.2. The second-order valence-corrected chi connectivity index (χ2v) is 8.27. The van der Waals surface area contributed by atoms with Crippen molar-refractivity contribution in [3.05, 3.63) is 22.7 Å². The third kappa shape index (κ3) is 3.01. The topological polar surface area (TPSA) is 72.2 Å². The molecule has 1 aliphatic carbocycles. The highest BCUT2D eigenvalue weighted by Crippen LogP contribution is 2.46. The highest BCUT2D eigenvalue weighted by Gasteiger charge is 2.42. The average molecular weight is 351 g/mol. The average Bonchev–Trinajstić information content (AvgIpc) is 3.11. The van der Waals surface area contributed by atoms with Gasteiger partial charge in [0.25, 0.3) is 0 Å². The third-order valence-electron chi connectivity index (χ3n) is 3.07. The minimum atomic E-state index is -3.51. The predicted octanol–water partition coefficient (Wildman–Crippen LogP) is 2.21. The van der Waals surface area contributed by atoms with Crippen LogP contribution < -0.4 is 10.5 Å². The molecule has 1 aliphatic rings. The van der Waals surface area contributed by atoms with E-state index in [1.54, 1.807) is 23.9 Å². The molecule has 1 aromatic rings. The number of anilines is 1. The lowest BCUT2D eigenvalue weighted by Crippen LogP contribution is -2.32. The molecule has 18 heavy (non-hydrogen) atoms. The Morgan fingerprint density at radius 3 is 2.72 bits per heavy atom. The quantitative estimate of drug-likeness (QED) is 0.798. The first-order valence-electron chi connectivity index (χ1n) is 5.48. The minimum absolute atomic E-state index is 0.0971. The third-order valence-corrected chi connectivity index (χ3v) is 6.88. The van der Waals surface area contributed by atoms with Crippen LogP contribution >= 0.6 is 27.7 Å². The minimum Gasteiger partial charge on any atom is -0.399 e. The molecule has 0 bridgehead atoms. The number of nitrogen functional groups attached to an aromatic ring is 1. The number of halogens is 1. The van der Waals surface area contributed by atoms with Crippen LogP contribution in [0, 0.1) is 0 Å². The lowest BCUT2D eigenvalue weighted by atomic mass is 10.3. The number of sulfonamides is 1. The summed E-state index contributed by atoms with van der Waals surface area (Å²) in [6.07, 6.45) is 4.14. The molecule has 7 heteroatoms. The van der Waals surface area contributed by atoms with E-state index >= 15 is 0 Å². The number of rotatable bonds is 5. The summed E-state index contributed by atoms with van der Waals surface area (Å²) in [6, 6.07) is 4.77. The number of nitrogens with one attached hydrogen (secondary N) is 1. The summed E-state index contributed by atoms with van der Waals surface area (Å²) < 4.78 is 27.7. The molecule has 0 aromatic heterocycles. The molecule has 0 aliphatic heterocycles. The molecular weight excluding hydrogens is 336 g/mol. The van der Waals surface area contributed by atoms with Gasteiger partial charge in [0.05, 0.1) is 4.90 Å². The van der Waals surface area contributed by atoms with Crippen LogP contribution in [0.5, 0.6) is 0 Å². The summed E-state index contributed by atoms with van der Waals surface area (Å²) in [5, 5.41) is 0. The SMILES string of the molecule is CSC1(CNS(=O)(=O)c2cc(N)ccc2Br)CC1. The number of hydrogen-bond donors (Lipinski definition) is 2. The number of benzene rings is 1. The van der Waals surface area contributed by atoms with Gasteiger partial charge in [-0.25, -0.2) is 13.1 Å². The molecule has 0 radical (unpaired) electrons. The van der Waals surface area contributed by atoms with Crippen molar-refractivity contribution in [1.82, 2.24) is 4.72 Å². The van der Waals surface area contributed by atoms with Crippen LogP contribution in [0.25, 0.3) is 0 Å². The fourth-order valence-electron chi connectivity index (χ4n) is 1.62. The normalized spacial score (nSPS) is 17.7. The van der Waals surface area contributed by atoms with Gasteiger partial charge in [-0.1, -0.05) is 0 Å². The number of thioether (sulfide) groups is 1. The first-order valence-corrected chi connectivity index (χ1v) is 8.98. The zero-order chi connectivity index (χ0) is 13.4. The molecule has 4 nitrogen and oxygen atoms in total. The van der Waals surface area contributed by atoms with Crippen LogP contribution in [0.15, 0.2) is 27.6 Å². The Bertz CT molecular complexity index is 556. The summed E-state index contributed by atoms with van der Waals surface area (Å²) >= 11 is 4.96. The van der Waals surface area contributed by atoms with Crippen molar-refractivity contribution < 1.29 is 8.42 Å². The van der Waals surface area contributed by atoms with E-state index in [1.807, 2.05) is 6.26 Å². The molecule has 0 spiro atoms. The molecule has 1 saturated carbocycles. The van der Waals surface area contributed by atoms with Crippen LogP contribution in [0.4, 0.5) is 5.69 Å². The Hall–Kier alpha value is -0.240. The van der Waals surface area contributed by atoms with Crippen LogP contribution in [0.2, 0.25) is 0 Å². The summed E-state index contributed by atoms with van der Waals surface area (Å²) in [5.41, 5.74) is 6.06. The summed E-state index contributed by atoms with van der Waals surface area (Å²) in [4.78, 5) is 0.194. The first-order chi connectivity index (χ1) is 8.38. The number of nitrogens with two attached hydrogens (primary N) is 1. The van der Waals surface area contributed by atoms with Gasteiger partial charge in [0, 0.05) is 21.5 Å². The molecule has 0 atom stereocenters. The van der Waals surface area contributed by atoms with Gasteiger partial charge in [0.15, 0.2) is 0 Å². The molecule has 0 amide bonds. The molecule has 0 saturated heterocycles. The van der Waals surface area contributed by atoms with Crippen LogP contribution in [0.1, 0.15) is 12.8 Å². The van der Waals surface area contributed by atoms with Gasteiger partial charge in [-0.15, -0.1) is 0 Å². The van der Waals surface area contributed by atoms with E-state index in [1.165, 1.54) is 6.07 Å². The van der Waals surface area contributed by atoms with Crippen molar-refractivity contribution in [2.45, 2.75) is 22.5 Å². The summed E-state index contributed by atoms with van der Waals surface area (Å²) in [5.74, 6) is 0. The molecule has 2 rings (SSSR count). The molecule has 1 aromatic carbocycles. The molecule has 0 unspecified atom stereocenters. The van der Waals surface area contributed by atoms with Crippen LogP contribution in [-0.4, -0.2) is 26.0 Å². The Labute approximate surface area is 120 Å². The molecule has 3 N–H and O–H groups in total.